The van der Waals surface area contributed by atoms with Gasteiger partial charge in [-0.1, -0.05) is 18.2 Å². The maximum Gasteiger partial charge on any atom is 0.0419 e. The second kappa shape index (κ2) is 4.11. The molecule has 14 heavy (non-hydrogen) atoms. The molecule has 0 radical (unpaired) electrons. The summed E-state index contributed by atoms with van der Waals surface area (Å²) < 4.78 is 0. The quantitative estimate of drug-likeness (QED) is 0.743. The Labute approximate surface area is 85.3 Å². The number of hydrogen-bond acceptors (Lipinski definition) is 2. The molecule has 1 aliphatic carbocycles. The largest absolute Gasteiger partial charge is 0.329 e. The maximum atomic E-state index is 5.90. The lowest BCUT2D eigenvalue weighted by Gasteiger charge is -2.18. The highest BCUT2D eigenvalue weighted by Gasteiger charge is 2.11. The van der Waals surface area contributed by atoms with Crippen LogP contribution in [0.3, 0.4) is 0 Å². The summed E-state index contributed by atoms with van der Waals surface area (Å²) in [5.41, 5.74) is 15.6. The fraction of sp³-hybridized carbons (Fsp3) is 0.500. The van der Waals surface area contributed by atoms with Gasteiger partial charge in [-0.2, -0.15) is 0 Å². The van der Waals surface area contributed by atoms with Gasteiger partial charge >= 0.3 is 0 Å². The lowest BCUT2D eigenvalue weighted by Crippen LogP contribution is -2.21. The summed E-state index contributed by atoms with van der Waals surface area (Å²) >= 11 is 0. The van der Waals surface area contributed by atoms with Gasteiger partial charge in [-0.15, -0.1) is 0 Å². The van der Waals surface area contributed by atoms with Crippen molar-refractivity contribution in [2.45, 2.75) is 31.7 Å². The molecule has 4 N–H and O–H groups in total. The minimum atomic E-state index is 0.00206. The molecule has 2 nitrogen and oxygen atoms in total. The van der Waals surface area contributed by atoms with Crippen LogP contribution < -0.4 is 11.5 Å². The average molecular weight is 190 g/mol. The molecule has 0 fully saturated rings. The Hall–Kier alpha value is -0.860. The molecule has 0 aliphatic heterocycles. The summed E-state index contributed by atoms with van der Waals surface area (Å²) in [6, 6.07) is 6.59. The van der Waals surface area contributed by atoms with Crippen molar-refractivity contribution < 1.29 is 0 Å². The van der Waals surface area contributed by atoms with Crippen molar-refractivity contribution in [3.05, 3.63) is 34.9 Å². The van der Waals surface area contributed by atoms with E-state index in [1.807, 2.05) is 0 Å². The SMILES string of the molecule is NCC(N)c1ccc2c(c1)CCCC2. The fourth-order valence-corrected chi connectivity index (χ4v) is 2.12. The first-order chi connectivity index (χ1) is 6.81. The van der Waals surface area contributed by atoms with Crippen LogP contribution in [0.5, 0.6) is 0 Å². The molecule has 0 bridgehead atoms. The molecule has 1 atom stereocenters. The highest BCUT2D eigenvalue weighted by Crippen LogP contribution is 2.23. The van der Waals surface area contributed by atoms with Crippen LogP contribution in [-0.4, -0.2) is 6.54 Å². The van der Waals surface area contributed by atoms with Gasteiger partial charge in [0.2, 0.25) is 0 Å². The lowest BCUT2D eigenvalue weighted by atomic mass is 9.89. The average Bonchev–Trinajstić information content (AvgIpc) is 2.27. The van der Waals surface area contributed by atoms with Crippen LogP contribution in [0, 0.1) is 0 Å². The number of benzene rings is 1. The summed E-state index contributed by atoms with van der Waals surface area (Å²) in [5, 5.41) is 0. The Kier molecular flexibility index (Phi) is 2.85. The third kappa shape index (κ3) is 1.81. The number of nitrogens with two attached hydrogens (primary N) is 2. The van der Waals surface area contributed by atoms with E-state index in [0.717, 1.165) is 0 Å². The molecule has 1 aliphatic rings. The van der Waals surface area contributed by atoms with E-state index in [2.05, 4.69) is 18.2 Å². The third-order valence-electron chi connectivity index (χ3n) is 3.05. The zero-order valence-electron chi connectivity index (χ0n) is 8.50. The van der Waals surface area contributed by atoms with E-state index in [0.29, 0.717) is 6.54 Å². The molecule has 76 valence electrons. The van der Waals surface area contributed by atoms with Crippen LogP contribution in [-0.2, 0) is 12.8 Å². The van der Waals surface area contributed by atoms with Crippen LogP contribution in [0.2, 0.25) is 0 Å². The second-order valence-corrected chi connectivity index (χ2v) is 4.08. The first kappa shape index (κ1) is 9.69. The van der Waals surface area contributed by atoms with Crippen LogP contribution in [0.25, 0.3) is 0 Å². The van der Waals surface area contributed by atoms with Gasteiger partial charge in [-0.25, -0.2) is 0 Å². The van der Waals surface area contributed by atoms with Gasteiger partial charge in [-0.05, 0) is 42.4 Å². The molecule has 1 aromatic rings. The normalized spacial score (nSPS) is 17.6. The third-order valence-corrected chi connectivity index (χ3v) is 3.05. The van der Waals surface area contributed by atoms with Crippen LogP contribution >= 0.6 is 0 Å². The van der Waals surface area contributed by atoms with Crippen molar-refractivity contribution in [3.8, 4) is 0 Å². The first-order valence-corrected chi connectivity index (χ1v) is 5.38. The van der Waals surface area contributed by atoms with E-state index in [-0.39, 0.29) is 6.04 Å². The highest BCUT2D eigenvalue weighted by molar-refractivity contribution is 5.35. The maximum absolute atomic E-state index is 5.90. The molecule has 0 saturated heterocycles. The van der Waals surface area contributed by atoms with Crippen molar-refractivity contribution in [2.24, 2.45) is 11.5 Å². The van der Waals surface area contributed by atoms with Gasteiger partial charge in [0.15, 0.2) is 0 Å². The molecule has 0 heterocycles. The Morgan fingerprint density at radius 1 is 1.14 bits per heavy atom. The molecule has 1 unspecified atom stereocenters. The van der Waals surface area contributed by atoms with E-state index in [4.69, 9.17) is 11.5 Å². The zero-order valence-corrected chi connectivity index (χ0v) is 8.50. The molecular formula is C12H18N2. The van der Waals surface area contributed by atoms with Crippen LogP contribution in [0.4, 0.5) is 0 Å². The highest BCUT2D eigenvalue weighted by atomic mass is 14.7. The molecule has 0 spiro atoms. The van der Waals surface area contributed by atoms with Crippen molar-refractivity contribution in [2.75, 3.05) is 6.54 Å². The molecule has 2 heteroatoms. The summed E-state index contributed by atoms with van der Waals surface area (Å²) in [6.07, 6.45) is 5.08. The van der Waals surface area contributed by atoms with Crippen molar-refractivity contribution in [3.63, 3.8) is 0 Å². The minimum Gasteiger partial charge on any atom is -0.329 e. The van der Waals surface area contributed by atoms with E-state index in [9.17, 15) is 0 Å². The number of hydrogen-bond donors (Lipinski definition) is 2. The Bertz CT molecular complexity index is 320. The standard InChI is InChI=1S/C12H18N2/c13-8-12(14)11-6-5-9-3-1-2-4-10(9)7-11/h5-7,12H,1-4,8,13-14H2. The number of rotatable bonds is 2. The van der Waals surface area contributed by atoms with E-state index in [1.54, 1.807) is 0 Å². The number of fused-ring (bicyclic) bond motifs is 1. The summed E-state index contributed by atoms with van der Waals surface area (Å²) in [6.45, 7) is 0.527. The van der Waals surface area contributed by atoms with E-state index >= 15 is 0 Å². The van der Waals surface area contributed by atoms with Crippen molar-refractivity contribution in [1.29, 1.82) is 0 Å². The van der Waals surface area contributed by atoms with Gasteiger partial charge in [0.25, 0.3) is 0 Å². The summed E-state index contributed by atoms with van der Waals surface area (Å²) in [7, 11) is 0. The Morgan fingerprint density at radius 2 is 1.86 bits per heavy atom. The first-order valence-electron chi connectivity index (χ1n) is 5.38. The predicted molar refractivity (Wildman–Crippen MR) is 59.1 cm³/mol. The molecule has 2 rings (SSSR count). The smallest absolute Gasteiger partial charge is 0.0419 e. The van der Waals surface area contributed by atoms with Crippen molar-refractivity contribution in [1.82, 2.24) is 0 Å². The van der Waals surface area contributed by atoms with Crippen LogP contribution in [0.15, 0.2) is 18.2 Å². The van der Waals surface area contributed by atoms with Gasteiger partial charge < -0.3 is 11.5 Å². The monoisotopic (exact) mass is 190 g/mol. The minimum absolute atomic E-state index is 0.00206. The zero-order chi connectivity index (χ0) is 9.97. The Balaban J connectivity index is 2.29. The number of aryl methyl sites for hydroxylation is 2. The summed E-state index contributed by atoms with van der Waals surface area (Å²) in [5.74, 6) is 0. The van der Waals surface area contributed by atoms with E-state index in [1.165, 1.54) is 42.4 Å². The van der Waals surface area contributed by atoms with Gasteiger partial charge in [0.1, 0.15) is 0 Å². The van der Waals surface area contributed by atoms with Gasteiger partial charge in [0.05, 0.1) is 0 Å². The van der Waals surface area contributed by atoms with Gasteiger partial charge in [0, 0.05) is 12.6 Å². The fourth-order valence-electron chi connectivity index (χ4n) is 2.12. The lowest BCUT2D eigenvalue weighted by molar-refractivity contribution is 0.677. The molecule has 0 saturated carbocycles. The molecular weight excluding hydrogens is 172 g/mol. The van der Waals surface area contributed by atoms with Crippen molar-refractivity contribution >= 4 is 0 Å². The molecule has 0 amide bonds. The second-order valence-electron chi connectivity index (χ2n) is 4.08. The van der Waals surface area contributed by atoms with Gasteiger partial charge in [-0.3, -0.25) is 0 Å². The Morgan fingerprint density at radius 3 is 2.57 bits per heavy atom. The molecule has 1 aromatic carbocycles. The predicted octanol–water partition coefficient (Wildman–Crippen LogP) is 1.52. The van der Waals surface area contributed by atoms with Crippen LogP contribution in [0.1, 0.15) is 35.6 Å². The summed E-state index contributed by atoms with van der Waals surface area (Å²) in [4.78, 5) is 0. The van der Waals surface area contributed by atoms with E-state index < -0.39 is 0 Å². The topological polar surface area (TPSA) is 52.0 Å². The molecule has 0 aromatic heterocycles.